The summed E-state index contributed by atoms with van der Waals surface area (Å²) in [7, 11) is 0. The van der Waals surface area contributed by atoms with Crippen molar-refractivity contribution < 1.29 is 14.3 Å². The first-order valence-electron chi connectivity index (χ1n) is 9.63. The van der Waals surface area contributed by atoms with Crippen LogP contribution >= 0.6 is 0 Å². The number of allylic oxidation sites excluding steroid dienone is 1. The highest BCUT2D eigenvalue weighted by Crippen LogP contribution is 2.41. The number of Topliss-reactive ketones (excluding diaryl/α,β-unsaturated/α-hetero) is 1. The second-order valence-electron chi connectivity index (χ2n) is 9.47. The summed E-state index contributed by atoms with van der Waals surface area (Å²) in [6.45, 7) is 14.3. The molecule has 1 aliphatic rings. The number of esters is 1. The van der Waals surface area contributed by atoms with Crippen molar-refractivity contribution in [2.45, 2.75) is 59.3 Å². The second kappa shape index (κ2) is 6.73. The molecule has 0 aliphatic heterocycles. The van der Waals surface area contributed by atoms with Gasteiger partial charge in [0.2, 0.25) is 0 Å². The Hall–Kier alpha value is -2.68. The Balaban J connectivity index is 2.31. The largest absolute Gasteiger partial charge is 0.425 e. The topological polar surface area (TPSA) is 43.4 Å². The Morgan fingerprint density at radius 1 is 0.821 bits per heavy atom. The number of carbonyl (C=O) groups excluding carboxylic acids is 2. The predicted octanol–water partition coefficient (Wildman–Crippen LogP) is 5.91. The molecule has 0 radical (unpaired) electrons. The third-order valence-corrected chi connectivity index (χ3v) is 5.07. The maximum atomic E-state index is 13.3. The summed E-state index contributed by atoms with van der Waals surface area (Å²) < 4.78 is 5.55. The number of rotatable bonds is 2. The van der Waals surface area contributed by atoms with E-state index in [0.29, 0.717) is 22.5 Å². The number of ether oxygens (including phenoxy) is 1. The van der Waals surface area contributed by atoms with Gasteiger partial charge >= 0.3 is 5.97 Å². The van der Waals surface area contributed by atoms with Gasteiger partial charge in [-0.05, 0) is 27.5 Å². The van der Waals surface area contributed by atoms with E-state index in [0.717, 1.165) is 16.7 Å². The van der Waals surface area contributed by atoms with Crippen LogP contribution in [0.25, 0.3) is 11.3 Å². The van der Waals surface area contributed by atoms with E-state index in [9.17, 15) is 9.59 Å². The zero-order valence-corrected chi connectivity index (χ0v) is 17.8. The van der Waals surface area contributed by atoms with Gasteiger partial charge in [-0.3, -0.25) is 9.59 Å². The highest BCUT2D eigenvalue weighted by molar-refractivity contribution is 6.39. The van der Waals surface area contributed by atoms with Crippen LogP contribution in [0.1, 0.15) is 81.1 Å². The van der Waals surface area contributed by atoms with Crippen molar-refractivity contribution in [2.75, 3.05) is 0 Å². The average Bonchev–Trinajstić information content (AvgIpc) is 2.85. The van der Waals surface area contributed by atoms with Crippen molar-refractivity contribution in [1.82, 2.24) is 0 Å². The Morgan fingerprint density at radius 2 is 1.32 bits per heavy atom. The smallest absolute Gasteiger partial charge is 0.308 e. The van der Waals surface area contributed by atoms with E-state index in [1.165, 1.54) is 6.92 Å². The molecule has 0 aromatic heterocycles. The number of fused-ring (bicyclic) bond motifs is 1. The minimum atomic E-state index is -0.431. The Morgan fingerprint density at radius 3 is 1.79 bits per heavy atom. The standard InChI is InChI=1S/C25H28O3/c1-15(26)28-23-20-11-9-8-10-19(20)22(27)21(23)16-12-17(24(2,3)4)14-18(13-16)25(5,6)7/h8-14H,1-7H3. The van der Waals surface area contributed by atoms with E-state index < -0.39 is 5.97 Å². The summed E-state index contributed by atoms with van der Waals surface area (Å²) in [6, 6.07) is 13.6. The van der Waals surface area contributed by atoms with Crippen LogP contribution in [0.5, 0.6) is 0 Å². The summed E-state index contributed by atoms with van der Waals surface area (Å²) in [5.41, 5.74) is 4.66. The van der Waals surface area contributed by atoms with Crippen LogP contribution in [-0.4, -0.2) is 11.8 Å². The van der Waals surface area contributed by atoms with Gasteiger partial charge in [0.25, 0.3) is 0 Å². The first-order chi connectivity index (χ1) is 12.9. The molecule has 0 spiro atoms. The summed E-state index contributed by atoms with van der Waals surface area (Å²) in [4.78, 5) is 25.0. The van der Waals surface area contributed by atoms with Crippen LogP contribution in [0, 0.1) is 0 Å². The van der Waals surface area contributed by atoms with E-state index >= 15 is 0 Å². The molecule has 0 amide bonds. The Labute approximate surface area is 167 Å². The van der Waals surface area contributed by atoms with Gasteiger partial charge in [-0.1, -0.05) is 84.0 Å². The fourth-order valence-electron chi connectivity index (χ4n) is 3.40. The lowest BCUT2D eigenvalue weighted by atomic mass is 9.78. The molecule has 146 valence electrons. The van der Waals surface area contributed by atoms with Crippen molar-refractivity contribution in [3.8, 4) is 0 Å². The van der Waals surface area contributed by atoms with E-state index in [2.05, 4.69) is 59.7 Å². The molecular weight excluding hydrogens is 348 g/mol. The van der Waals surface area contributed by atoms with E-state index in [4.69, 9.17) is 4.74 Å². The minimum Gasteiger partial charge on any atom is -0.425 e. The molecule has 0 saturated heterocycles. The molecule has 0 fully saturated rings. The highest BCUT2D eigenvalue weighted by atomic mass is 16.5. The van der Waals surface area contributed by atoms with Gasteiger partial charge in [0.1, 0.15) is 0 Å². The summed E-state index contributed by atoms with van der Waals surface area (Å²) in [6.07, 6.45) is 0. The summed E-state index contributed by atoms with van der Waals surface area (Å²) in [5, 5.41) is 0. The van der Waals surface area contributed by atoms with E-state index in [1.807, 2.05) is 18.2 Å². The van der Waals surface area contributed by atoms with Gasteiger partial charge in [-0.2, -0.15) is 0 Å². The minimum absolute atomic E-state index is 0.0767. The monoisotopic (exact) mass is 376 g/mol. The first kappa shape index (κ1) is 20.1. The molecule has 0 heterocycles. The molecule has 3 rings (SSSR count). The van der Waals surface area contributed by atoms with Crippen molar-refractivity contribution >= 4 is 23.1 Å². The maximum absolute atomic E-state index is 13.3. The lowest BCUT2D eigenvalue weighted by molar-refractivity contribution is -0.134. The molecule has 3 nitrogen and oxygen atoms in total. The van der Waals surface area contributed by atoms with Crippen LogP contribution in [0.4, 0.5) is 0 Å². The molecule has 2 aromatic rings. The first-order valence-corrected chi connectivity index (χ1v) is 9.63. The summed E-state index contributed by atoms with van der Waals surface area (Å²) >= 11 is 0. The van der Waals surface area contributed by atoms with Crippen LogP contribution < -0.4 is 0 Å². The van der Waals surface area contributed by atoms with Gasteiger partial charge in [-0.15, -0.1) is 0 Å². The molecular formula is C25H28O3. The van der Waals surface area contributed by atoms with Gasteiger partial charge in [-0.25, -0.2) is 0 Å². The van der Waals surface area contributed by atoms with Crippen LogP contribution in [0.15, 0.2) is 42.5 Å². The number of ketones is 1. The molecule has 3 heteroatoms. The molecule has 1 aliphatic carbocycles. The lowest BCUT2D eigenvalue weighted by Crippen LogP contribution is -2.17. The fourth-order valence-corrected chi connectivity index (χ4v) is 3.40. The molecule has 0 bridgehead atoms. The Bertz CT molecular complexity index is 963. The maximum Gasteiger partial charge on any atom is 0.308 e. The van der Waals surface area contributed by atoms with Crippen molar-refractivity contribution in [3.05, 3.63) is 70.3 Å². The quantitative estimate of drug-likeness (QED) is 0.612. The van der Waals surface area contributed by atoms with Gasteiger partial charge in [0.05, 0.1) is 5.57 Å². The number of hydrogen-bond donors (Lipinski definition) is 0. The van der Waals surface area contributed by atoms with Crippen molar-refractivity contribution in [3.63, 3.8) is 0 Å². The average molecular weight is 376 g/mol. The number of benzene rings is 2. The van der Waals surface area contributed by atoms with Gasteiger partial charge < -0.3 is 4.74 Å². The zero-order valence-electron chi connectivity index (χ0n) is 17.8. The van der Waals surface area contributed by atoms with Crippen LogP contribution in [0.2, 0.25) is 0 Å². The molecule has 0 saturated carbocycles. The molecule has 0 N–H and O–H groups in total. The number of carbonyl (C=O) groups is 2. The molecule has 28 heavy (non-hydrogen) atoms. The number of hydrogen-bond acceptors (Lipinski definition) is 3. The fraction of sp³-hybridized carbons (Fsp3) is 0.360. The van der Waals surface area contributed by atoms with Crippen molar-refractivity contribution in [1.29, 1.82) is 0 Å². The normalized spacial score (nSPS) is 14.3. The van der Waals surface area contributed by atoms with Gasteiger partial charge in [0, 0.05) is 18.1 Å². The summed E-state index contributed by atoms with van der Waals surface area (Å²) in [5.74, 6) is -0.170. The predicted molar refractivity (Wildman–Crippen MR) is 113 cm³/mol. The van der Waals surface area contributed by atoms with E-state index in [-0.39, 0.29) is 16.6 Å². The van der Waals surface area contributed by atoms with E-state index in [1.54, 1.807) is 6.07 Å². The molecule has 2 aromatic carbocycles. The van der Waals surface area contributed by atoms with Crippen molar-refractivity contribution in [2.24, 2.45) is 0 Å². The second-order valence-corrected chi connectivity index (χ2v) is 9.47. The highest BCUT2D eigenvalue weighted by Gasteiger charge is 2.34. The third kappa shape index (κ3) is 3.66. The molecule has 0 atom stereocenters. The zero-order chi connectivity index (χ0) is 20.9. The van der Waals surface area contributed by atoms with Crippen LogP contribution in [0.3, 0.4) is 0 Å². The van der Waals surface area contributed by atoms with Gasteiger partial charge in [0.15, 0.2) is 11.5 Å². The Kier molecular flexibility index (Phi) is 4.82. The molecule has 0 unspecified atom stereocenters. The third-order valence-electron chi connectivity index (χ3n) is 5.07. The SMILES string of the molecule is CC(=O)OC1=C(c2cc(C(C)(C)C)cc(C(C)(C)C)c2)C(=O)c2ccccc21. The van der Waals surface area contributed by atoms with Crippen LogP contribution in [-0.2, 0) is 20.4 Å². The lowest BCUT2D eigenvalue weighted by Gasteiger charge is -2.26.